The third kappa shape index (κ3) is 1.54. The van der Waals surface area contributed by atoms with Gasteiger partial charge in [-0.15, -0.1) is 0 Å². The Kier molecular flexibility index (Phi) is 1.62. The SMILES string of the molecule is CC1(C)CNc2ccc(O)cc2O1. The van der Waals surface area contributed by atoms with Crippen LogP contribution < -0.4 is 10.1 Å². The summed E-state index contributed by atoms with van der Waals surface area (Å²) in [6.07, 6.45) is 0. The van der Waals surface area contributed by atoms with Gasteiger partial charge in [-0.3, -0.25) is 0 Å². The average Bonchev–Trinajstić information content (AvgIpc) is 2.01. The maximum Gasteiger partial charge on any atom is 0.146 e. The number of nitrogens with one attached hydrogen (secondary N) is 1. The van der Waals surface area contributed by atoms with Gasteiger partial charge in [0.05, 0.1) is 12.2 Å². The number of benzene rings is 1. The summed E-state index contributed by atoms with van der Waals surface area (Å²) in [7, 11) is 0. The molecular weight excluding hydrogens is 166 g/mol. The number of fused-ring (bicyclic) bond motifs is 1. The number of ether oxygens (including phenoxy) is 1. The first-order valence-electron chi connectivity index (χ1n) is 4.33. The topological polar surface area (TPSA) is 41.5 Å². The second-order valence-electron chi connectivity index (χ2n) is 3.90. The van der Waals surface area contributed by atoms with Crippen molar-refractivity contribution in [2.45, 2.75) is 19.4 Å². The molecule has 1 aliphatic rings. The van der Waals surface area contributed by atoms with E-state index in [4.69, 9.17) is 4.74 Å². The summed E-state index contributed by atoms with van der Waals surface area (Å²) in [5.74, 6) is 0.953. The lowest BCUT2D eigenvalue weighted by atomic mass is 10.1. The van der Waals surface area contributed by atoms with Gasteiger partial charge >= 0.3 is 0 Å². The Balaban J connectivity index is 2.38. The fourth-order valence-corrected chi connectivity index (χ4v) is 1.38. The maximum atomic E-state index is 9.25. The number of rotatable bonds is 0. The Bertz CT molecular complexity index is 334. The summed E-state index contributed by atoms with van der Waals surface area (Å²) in [5, 5.41) is 12.5. The highest BCUT2D eigenvalue weighted by Gasteiger charge is 2.26. The Morgan fingerprint density at radius 3 is 3.00 bits per heavy atom. The van der Waals surface area contributed by atoms with Crippen molar-refractivity contribution >= 4 is 5.69 Å². The number of anilines is 1. The lowest BCUT2D eigenvalue weighted by molar-refractivity contribution is 0.116. The number of hydrogen-bond acceptors (Lipinski definition) is 3. The highest BCUT2D eigenvalue weighted by molar-refractivity contribution is 5.60. The molecule has 0 saturated heterocycles. The molecule has 0 amide bonds. The van der Waals surface area contributed by atoms with Crippen LogP contribution in [-0.4, -0.2) is 17.3 Å². The molecule has 0 bridgehead atoms. The molecule has 0 aliphatic carbocycles. The fraction of sp³-hybridized carbons (Fsp3) is 0.400. The summed E-state index contributed by atoms with van der Waals surface area (Å²) in [6.45, 7) is 4.80. The summed E-state index contributed by atoms with van der Waals surface area (Å²) in [6, 6.07) is 5.09. The Labute approximate surface area is 77.3 Å². The van der Waals surface area contributed by atoms with E-state index in [1.807, 2.05) is 19.9 Å². The highest BCUT2D eigenvalue weighted by Crippen LogP contribution is 2.35. The molecular formula is C10H13NO2. The third-order valence-corrected chi connectivity index (χ3v) is 2.06. The second kappa shape index (κ2) is 2.55. The van der Waals surface area contributed by atoms with Crippen molar-refractivity contribution in [1.29, 1.82) is 0 Å². The number of aromatic hydroxyl groups is 1. The molecule has 1 aromatic rings. The molecule has 0 spiro atoms. The predicted octanol–water partition coefficient (Wildman–Crippen LogP) is 1.98. The van der Waals surface area contributed by atoms with Gasteiger partial charge in [0, 0.05) is 6.07 Å². The van der Waals surface area contributed by atoms with E-state index in [2.05, 4.69) is 5.32 Å². The molecule has 13 heavy (non-hydrogen) atoms. The van der Waals surface area contributed by atoms with Gasteiger partial charge in [-0.2, -0.15) is 0 Å². The van der Waals surface area contributed by atoms with Crippen LogP contribution in [0.15, 0.2) is 18.2 Å². The van der Waals surface area contributed by atoms with Gasteiger partial charge in [-0.25, -0.2) is 0 Å². The van der Waals surface area contributed by atoms with E-state index in [1.165, 1.54) is 0 Å². The van der Waals surface area contributed by atoms with Gasteiger partial charge in [0.2, 0.25) is 0 Å². The molecule has 0 aromatic heterocycles. The first-order chi connectivity index (χ1) is 6.07. The molecule has 0 unspecified atom stereocenters. The minimum atomic E-state index is -0.208. The Hall–Kier alpha value is -1.38. The number of phenols is 1. The molecule has 3 heteroatoms. The smallest absolute Gasteiger partial charge is 0.146 e. The lowest BCUT2D eigenvalue weighted by Gasteiger charge is -2.33. The van der Waals surface area contributed by atoms with E-state index in [-0.39, 0.29) is 11.4 Å². The molecule has 0 saturated carbocycles. The summed E-state index contributed by atoms with van der Waals surface area (Å²) >= 11 is 0. The van der Waals surface area contributed by atoms with E-state index < -0.39 is 0 Å². The standard InChI is InChI=1S/C10H13NO2/c1-10(2)6-11-8-4-3-7(12)5-9(8)13-10/h3-5,11-12H,6H2,1-2H3. The van der Waals surface area contributed by atoms with Gasteiger partial charge in [-0.05, 0) is 26.0 Å². The van der Waals surface area contributed by atoms with Crippen molar-refractivity contribution in [2.75, 3.05) is 11.9 Å². The van der Waals surface area contributed by atoms with Crippen molar-refractivity contribution in [2.24, 2.45) is 0 Å². The first-order valence-corrected chi connectivity index (χ1v) is 4.33. The van der Waals surface area contributed by atoms with Crippen LogP contribution in [0, 0.1) is 0 Å². The average molecular weight is 179 g/mol. The zero-order chi connectivity index (χ0) is 9.47. The van der Waals surface area contributed by atoms with E-state index in [1.54, 1.807) is 12.1 Å². The van der Waals surface area contributed by atoms with Crippen LogP contribution in [0.5, 0.6) is 11.5 Å². The summed E-state index contributed by atoms with van der Waals surface area (Å²) in [4.78, 5) is 0. The molecule has 0 atom stereocenters. The number of hydrogen-bond donors (Lipinski definition) is 2. The van der Waals surface area contributed by atoms with Crippen LogP contribution in [0.3, 0.4) is 0 Å². The molecule has 1 heterocycles. The fourth-order valence-electron chi connectivity index (χ4n) is 1.38. The monoisotopic (exact) mass is 179 g/mol. The summed E-state index contributed by atoms with van der Waals surface area (Å²) in [5.41, 5.74) is 0.734. The molecule has 70 valence electrons. The largest absolute Gasteiger partial charge is 0.508 e. The first kappa shape index (κ1) is 8.23. The third-order valence-electron chi connectivity index (χ3n) is 2.06. The van der Waals surface area contributed by atoms with E-state index >= 15 is 0 Å². The quantitative estimate of drug-likeness (QED) is 0.598. The van der Waals surface area contributed by atoms with Crippen molar-refractivity contribution in [3.8, 4) is 11.5 Å². The maximum absolute atomic E-state index is 9.25. The summed E-state index contributed by atoms with van der Waals surface area (Å²) < 4.78 is 5.68. The van der Waals surface area contributed by atoms with Crippen LogP contribution in [0.4, 0.5) is 5.69 Å². The van der Waals surface area contributed by atoms with Gasteiger partial charge < -0.3 is 15.2 Å². The van der Waals surface area contributed by atoms with E-state index in [9.17, 15) is 5.11 Å². The Morgan fingerprint density at radius 1 is 1.46 bits per heavy atom. The molecule has 2 N–H and O–H groups in total. The van der Waals surface area contributed by atoms with Crippen LogP contribution in [-0.2, 0) is 0 Å². The molecule has 3 nitrogen and oxygen atoms in total. The van der Waals surface area contributed by atoms with Gasteiger partial charge in [0.15, 0.2) is 0 Å². The zero-order valence-corrected chi connectivity index (χ0v) is 7.79. The minimum Gasteiger partial charge on any atom is -0.508 e. The molecule has 2 rings (SSSR count). The van der Waals surface area contributed by atoms with Gasteiger partial charge in [0.25, 0.3) is 0 Å². The van der Waals surface area contributed by atoms with Crippen LogP contribution in [0.1, 0.15) is 13.8 Å². The normalized spacial score (nSPS) is 18.3. The zero-order valence-electron chi connectivity index (χ0n) is 7.79. The van der Waals surface area contributed by atoms with Crippen LogP contribution >= 0.6 is 0 Å². The highest BCUT2D eigenvalue weighted by atomic mass is 16.5. The molecule has 1 aliphatic heterocycles. The number of phenolic OH excluding ortho intramolecular Hbond substituents is 1. The van der Waals surface area contributed by atoms with Crippen molar-refractivity contribution < 1.29 is 9.84 Å². The molecule has 0 fully saturated rings. The van der Waals surface area contributed by atoms with E-state index in [0.29, 0.717) is 0 Å². The lowest BCUT2D eigenvalue weighted by Crippen LogP contribution is -2.39. The minimum absolute atomic E-state index is 0.208. The van der Waals surface area contributed by atoms with Crippen LogP contribution in [0.25, 0.3) is 0 Å². The molecule has 1 aromatic carbocycles. The Morgan fingerprint density at radius 2 is 2.23 bits per heavy atom. The van der Waals surface area contributed by atoms with Crippen LogP contribution in [0.2, 0.25) is 0 Å². The van der Waals surface area contributed by atoms with Crippen molar-refractivity contribution in [3.63, 3.8) is 0 Å². The second-order valence-corrected chi connectivity index (χ2v) is 3.90. The van der Waals surface area contributed by atoms with Gasteiger partial charge in [-0.1, -0.05) is 0 Å². The molecule has 0 radical (unpaired) electrons. The van der Waals surface area contributed by atoms with Crippen molar-refractivity contribution in [3.05, 3.63) is 18.2 Å². The van der Waals surface area contributed by atoms with E-state index in [0.717, 1.165) is 18.0 Å². The van der Waals surface area contributed by atoms with Crippen molar-refractivity contribution in [1.82, 2.24) is 0 Å². The predicted molar refractivity (Wildman–Crippen MR) is 51.3 cm³/mol. The van der Waals surface area contributed by atoms with Gasteiger partial charge in [0.1, 0.15) is 17.1 Å².